The molecule has 0 spiro atoms. The lowest BCUT2D eigenvalue weighted by Crippen LogP contribution is -2.40. The van der Waals surface area contributed by atoms with E-state index < -0.39 is 17.3 Å². The molecule has 0 aliphatic carbocycles. The van der Waals surface area contributed by atoms with Crippen molar-refractivity contribution in [2.75, 3.05) is 5.32 Å². The zero-order chi connectivity index (χ0) is 18.8. The Morgan fingerprint density at radius 1 is 1.08 bits per heavy atom. The standard InChI is InChI=1S/C17H17ClF3N3O/c1-16(2,3)24-15(25)10-6-12(9-22-8-10)23-11-4-5-14(18)13(7-11)17(19,20)21/h4-9,23H,1-3H3,(H,24,25). The molecule has 0 aliphatic heterocycles. The molecular formula is C17H17ClF3N3O. The van der Waals surface area contributed by atoms with E-state index >= 15 is 0 Å². The number of nitrogens with zero attached hydrogens (tertiary/aromatic N) is 1. The number of aromatic nitrogens is 1. The molecule has 8 heteroatoms. The van der Waals surface area contributed by atoms with Gasteiger partial charge in [0.05, 0.1) is 28.0 Å². The van der Waals surface area contributed by atoms with Crippen molar-refractivity contribution in [2.45, 2.75) is 32.5 Å². The van der Waals surface area contributed by atoms with Crippen molar-refractivity contribution in [2.24, 2.45) is 0 Å². The van der Waals surface area contributed by atoms with Gasteiger partial charge in [0.15, 0.2) is 0 Å². The second-order valence-electron chi connectivity index (χ2n) is 6.48. The van der Waals surface area contributed by atoms with Crippen LogP contribution in [0.25, 0.3) is 0 Å². The van der Waals surface area contributed by atoms with Crippen molar-refractivity contribution in [3.8, 4) is 0 Å². The summed E-state index contributed by atoms with van der Waals surface area (Å²) in [7, 11) is 0. The first-order chi connectivity index (χ1) is 11.5. The van der Waals surface area contributed by atoms with E-state index in [1.165, 1.54) is 24.5 Å². The number of hydrogen-bond acceptors (Lipinski definition) is 3. The number of benzene rings is 1. The van der Waals surface area contributed by atoms with Gasteiger partial charge in [0.25, 0.3) is 5.91 Å². The number of nitrogens with one attached hydrogen (secondary N) is 2. The van der Waals surface area contributed by atoms with Gasteiger partial charge in [-0.2, -0.15) is 13.2 Å². The van der Waals surface area contributed by atoms with Crippen LogP contribution in [0.15, 0.2) is 36.7 Å². The van der Waals surface area contributed by atoms with E-state index in [2.05, 4.69) is 15.6 Å². The molecule has 0 saturated heterocycles. The second kappa shape index (κ2) is 6.92. The fourth-order valence-electron chi connectivity index (χ4n) is 2.03. The highest BCUT2D eigenvalue weighted by molar-refractivity contribution is 6.31. The van der Waals surface area contributed by atoms with Gasteiger partial charge in [-0.05, 0) is 45.0 Å². The highest BCUT2D eigenvalue weighted by atomic mass is 35.5. The van der Waals surface area contributed by atoms with Gasteiger partial charge >= 0.3 is 6.18 Å². The number of hydrogen-bond donors (Lipinski definition) is 2. The van der Waals surface area contributed by atoms with Gasteiger partial charge in [0.1, 0.15) is 0 Å². The average molecular weight is 372 g/mol. The van der Waals surface area contributed by atoms with E-state index in [1.807, 2.05) is 20.8 Å². The number of anilines is 2. The van der Waals surface area contributed by atoms with Gasteiger partial charge in [-0.15, -0.1) is 0 Å². The van der Waals surface area contributed by atoms with Crippen LogP contribution in [-0.4, -0.2) is 16.4 Å². The second-order valence-corrected chi connectivity index (χ2v) is 6.89. The number of halogens is 4. The maximum Gasteiger partial charge on any atom is 0.417 e. The number of amides is 1. The molecule has 0 fully saturated rings. The molecule has 2 aromatic rings. The van der Waals surface area contributed by atoms with Crippen LogP contribution >= 0.6 is 11.6 Å². The molecule has 134 valence electrons. The summed E-state index contributed by atoms with van der Waals surface area (Å²) in [6.45, 7) is 5.52. The SMILES string of the molecule is CC(C)(C)NC(=O)c1cncc(Nc2ccc(Cl)c(C(F)(F)F)c2)c1. The molecular weight excluding hydrogens is 355 g/mol. The minimum absolute atomic E-state index is 0.187. The molecule has 0 bridgehead atoms. The van der Waals surface area contributed by atoms with Crippen LogP contribution in [0.3, 0.4) is 0 Å². The van der Waals surface area contributed by atoms with Crippen LogP contribution in [-0.2, 0) is 6.18 Å². The van der Waals surface area contributed by atoms with Gasteiger partial charge in [0.2, 0.25) is 0 Å². The third kappa shape index (κ3) is 5.35. The molecule has 0 saturated carbocycles. The Morgan fingerprint density at radius 2 is 1.76 bits per heavy atom. The molecule has 1 aromatic heterocycles. The molecule has 2 N–H and O–H groups in total. The predicted molar refractivity (Wildman–Crippen MR) is 91.2 cm³/mol. The van der Waals surface area contributed by atoms with Crippen molar-refractivity contribution < 1.29 is 18.0 Å². The monoisotopic (exact) mass is 371 g/mol. The number of alkyl halides is 3. The van der Waals surface area contributed by atoms with Crippen LogP contribution in [0, 0.1) is 0 Å². The number of carbonyl (C=O) groups excluding carboxylic acids is 1. The van der Waals surface area contributed by atoms with Gasteiger partial charge in [-0.25, -0.2) is 0 Å². The van der Waals surface area contributed by atoms with Crippen LogP contribution in [0.2, 0.25) is 5.02 Å². The van der Waals surface area contributed by atoms with E-state index in [4.69, 9.17) is 11.6 Å². The summed E-state index contributed by atoms with van der Waals surface area (Å²) in [6, 6.07) is 5.00. The third-order valence-corrected chi connectivity index (χ3v) is 3.38. The van der Waals surface area contributed by atoms with Crippen molar-refractivity contribution in [1.82, 2.24) is 10.3 Å². The largest absolute Gasteiger partial charge is 0.417 e. The molecule has 0 atom stereocenters. The Hall–Kier alpha value is -2.28. The van der Waals surface area contributed by atoms with Gasteiger partial charge in [0, 0.05) is 17.4 Å². The Labute approximate surface area is 148 Å². The predicted octanol–water partition coefficient (Wildman–Crippen LogP) is 5.03. The Morgan fingerprint density at radius 3 is 2.36 bits per heavy atom. The first-order valence-corrected chi connectivity index (χ1v) is 7.75. The summed E-state index contributed by atoms with van der Waals surface area (Å²) in [5, 5.41) is 5.21. The average Bonchev–Trinajstić information content (AvgIpc) is 2.47. The maximum atomic E-state index is 12.9. The first-order valence-electron chi connectivity index (χ1n) is 7.37. The smallest absolute Gasteiger partial charge is 0.354 e. The molecule has 1 heterocycles. The summed E-state index contributed by atoms with van der Waals surface area (Å²) >= 11 is 5.60. The van der Waals surface area contributed by atoms with E-state index in [-0.39, 0.29) is 16.6 Å². The minimum Gasteiger partial charge on any atom is -0.354 e. The van der Waals surface area contributed by atoms with Gasteiger partial charge in [-0.1, -0.05) is 11.6 Å². The zero-order valence-corrected chi connectivity index (χ0v) is 14.6. The van der Waals surface area contributed by atoms with E-state index in [0.29, 0.717) is 11.3 Å². The van der Waals surface area contributed by atoms with Crippen molar-refractivity contribution in [1.29, 1.82) is 0 Å². The maximum absolute atomic E-state index is 12.9. The molecule has 4 nitrogen and oxygen atoms in total. The fraction of sp³-hybridized carbons (Fsp3) is 0.294. The van der Waals surface area contributed by atoms with Crippen LogP contribution in [0.1, 0.15) is 36.7 Å². The fourth-order valence-corrected chi connectivity index (χ4v) is 2.26. The Kier molecular flexibility index (Phi) is 5.27. The molecule has 2 rings (SSSR count). The van der Waals surface area contributed by atoms with Crippen LogP contribution < -0.4 is 10.6 Å². The Balaban J connectivity index is 2.24. The summed E-state index contributed by atoms with van der Waals surface area (Å²) in [5.41, 5.74) is -0.485. The van der Waals surface area contributed by atoms with E-state index in [9.17, 15) is 18.0 Å². The highest BCUT2D eigenvalue weighted by Gasteiger charge is 2.33. The summed E-state index contributed by atoms with van der Waals surface area (Å²) in [5.74, 6) is -0.323. The first kappa shape index (κ1) is 19.1. The van der Waals surface area contributed by atoms with Crippen molar-refractivity contribution in [3.63, 3.8) is 0 Å². The highest BCUT2D eigenvalue weighted by Crippen LogP contribution is 2.36. The van der Waals surface area contributed by atoms with Gasteiger partial charge < -0.3 is 10.6 Å². The summed E-state index contributed by atoms with van der Waals surface area (Å²) in [6.07, 6.45) is -1.76. The lowest BCUT2D eigenvalue weighted by atomic mass is 10.1. The number of pyridine rings is 1. The quantitative estimate of drug-likeness (QED) is 0.796. The molecule has 1 aromatic carbocycles. The third-order valence-electron chi connectivity index (χ3n) is 3.05. The number of carbonyl (C=O) groups is 1. The molecule has 25 heavy (non-hydrogen) atoms. The normalized spacial score (nSPS) is 12.0. The van der Waals surface area contributed by atoms with Crippen molar-refractivity contribution in [3.05, 3.63) is 52.8 Å². The minimum atomic E-state index is -4.55. The van der Waals surface area contributed by atoms with Crippen LogP contribution in [0.5, 0.6) is 0 Å². The molecule has 0 unspecified atom stereocenters. The zero-order valence-electron chi connectivity index (χ0n) is 13.8. The lowest BCUT2D eigenvalue weighted by molar-refractivity contribution is -0.137. The topological polar surface area (TPSA) is 54.0 Å². The molecule has 0 aliphatic rings. The van der Waals surface area contributed by atoms with E-state index in [0.717, 1.165) is 12.1 Å². The summed E-state index contributed by atoms with van der Waals surface area (Å²) in [4.78, 5) is 16.1. The summed E-state index contributed by atoms with van der Waals surface area (Å²) < 4.78 is 38.8. The van der Waals surface area contributed by atoms with Crippen molar-refractivity contribution >= 4 is 28.9 Å². The van der Waals surface area contributed by atoms with Gasteiger partial charge in [-0.3, -0.25) is 9.78 Å². The lowest BCUT2D eigenvalue weighted by Gasteiger charge is -2.20. The Bertz CT molecular complexity index is 785. The molecule has 0 radical (unpaired) electrons. The number of rotatable bonds is 3. The molecule has 1 amide bonds. The van der Waals surface area contributed by atoms with Crippen LogP contribution in [0.4, 0.5) is 24.5 Å². The van der Waals surface area contributed by atoms with E-state index in [1.54, 1.807) is 0 Å².